The van der Waals surface area contributed by atoms with E-state index in [0.29, 0.717) is 5.44 Å². The molecule has 0 unspecified atom stereocenters. The summed E-state index contributed by atoms with van der Waals surface area (Å²) in [4.78, 5) is 0. The normalized spacial score (nSPS) is 39.8. The van der Waals surface area contributed by atoms with E-state index in [2.05, 4.69) is 13.8 Å². The summed E-state index contributed by atoms with van der Waals surface area (Å²) < 4.78 is 5.35. The fourth-order valence-electron chi connectivity index (χ4n) is 0.696. The summed E-state index contributed by atoms with van der Waals surface area (Å²) >= 11 is 1.90. The van der Waals surface area contributed by atoms with Crippen LogP contribution in [0.25, 0.3) is 0 Å². The molecule has 0 spiro atoms. The third-order valence-corrected chi connectivity index (χ3v) is 2.60. The van der Waals surface area contributed by atoms with Crippen molar-refractivity contribution in [1.82, 2.24) is 0 Å². The highest BCUT2D eigenvalue weighted by atomic mass is 32.2. The van der Waals surface area contributed by atoms with E-state index in [1.807, 2.05) is 11.8 Å². The van der Waals surface area contributed by atoms with Gasteiger partial charge in [0, 0.05) is 5.75 Å². The highest BCUT2D eigenvalue weighted by Gasteiger charge is 2.13. The van der Waals surface area contributed by atoms with Gasteiger partial charge in [-0.2, -0.15) is 0 Å². The van der Waals surface area contributed by atoms with Gasteiger partial charge in [-0.05, 0) is 12.8 Å². The summed E-state index contributed by atoms with van der Waals surface area (Å²) in [5.41, 5.74) is 0.436. The van der Waals surface area contributed by atoms with E-state index in [1.54, 1.807) is 0 Å². The lowest BCUT2D eigenvalue weighted by Gasteiger charge is -2.22. The molecule has 1 saturated heterocycles. The van der Waals surface area contributed by atoms with Gasteiger partial charge in [-0.1, -0.05) is 6.92 Å². The molecule has 1 aliphatic heterocycles. The summed E-state index contributed by atoms with van der Waals surface area (Å²) in [5, 5.41) is 0. The Balaban J connectivity index is 2.19. The molecule has 2 atom stereocenters. The first-order chi connectivity index (χ1) is 3.79. The molecule has 1 rings (SSSR count). The van der Waals surface area contributed by atoms with Crippen LogP contribution in [0.2, 0.25) is 0 Å². The average Bonchev–Trinajstić information content (AvgIpc) is 1.77. The average molecular weight is 132 g/mol. The van der Waals surface area contributed by atoms with Gasteiger partial charge < -0.3 is 4.74 Å². The van der Waals surface area contributed by atoms with Crippen molar-refractivity contribution in [2.75, 3.05) is 12.4 Å². The van der Waals surface area contributed by atoms with E-state index in [1.165, 1.54) is 5.75 Å². The molecular formula is C6H12OS. The third kappa shape index (κ3) is 1.67. The van der Waals surface area contributed by atoms with Gasteiger partial charge in [0.2, 0.25) is 0 Å². The Bertz CT molecular complexity index is 56.9. The second kappa shape index (κ2) is 2.74. The van der Waals surface area contributed by atoms with Crippen LogP contribution in [-0.4, -0.2) is 17.8 Å². The largest absolute Gasteiger partial charge is 0.368 e. The van der Waals surface area contributed by atoms with Crippen LogP contribution in [0.3, 0.4) is 0 Å². The Morgan fingerprint density at radius 2 is 2.25 bits per heavy atom. The van der Waals surface area contributed by atoms with Crippen LogP contribution in [0.5, 0.6) is 0 Å². The monoisotopic (exact) mass is 132 g/mol. The zero-order chi connectivity index (χ0) is 5.98. The van der Waals surface area contributed by atoms with Gasteiger partial charge in [0.05, 0.1) is 12.0 Å². The Morgan fingerprint density at radius 3 is 2.62 bits per heavy atom. The molecule has 1 fully saturated rings. The maximum absolute atomic E-state index is 5.35. The molecule has 2 heteroatoms. The van der Waals surface area contributed by atoms with Crippen LogP contribution >= 0.6 is 11.8 Å². The molecule has 1 aliphatic rings. The van der Waals surface area contributed by atoms with Crippen LogP contribution in [-0.2, 0) is 4.74 Å². The molecule has 0 aromatic heterocycles. The molecule has 0 N–H and O–H groups in total. The summed E-state index contributed by atoms with van der Waals surface area (Å²) in [5.74, 6) is 2.03. The molecular weight excluding hydrogens is 120 g/mol. The van der Waals surface area contributed by atoms with Gasteiger partial charge in [0.25, 0.3) is 0 Å². The molecule has 1 nitrogen and oxygen atoms in total. The minimum absolute atomic E-state index is 0.436. The molecule has 48 valence electrons. The van der Waals surface area contributed by atoms with E-state index in [0.717, 1.165) is 12.5 Å². The highest BCUT2D eigenvalue weighted by Crippen LogP contribution is 2.21. The molecule has 8 heavy (non-hydrogen) atoms. The summed E-state index contributed by atoms with van der Waals surface area (Å²) in [6.45, 7) is 5.28. The van der Waals surface area contributed by atoms with Crippen LogP contribution in [0.15, 0.2) is 0 Å². The van der Waals surface area contributed by atoms with Gasteiger partial charge in [-0.3, -0.25) is 0 Å². The van der Waals surface area contributed by atoms with E-state index >= 15 is 0 Å². The molecule has 0 saturated carbocycles. The predicted octanol–water partition coefficient (Wildman–Crippen LogP) is 1.73. The highest BCUT2D eigenvalue weighted by molar-refractivity contribution is 7.99. The van der Waals surface area contributed by atoms with E-state index in [9.17, 15) is 0 Å². The van der Waals surface area contributed by atoms with Crippen molar-refractivity contribution in [2.45, 2.75) is 19.3 Å². The van der Waals surface area contributed by atoms with Gasteiger partial charge >= 0.3 is 0 Å². The number of rotatable bonds is 0. The SMILES string of the molecule is C[C@H]1CO[C@H](C)SC1. The van der Waals surface area contributed by atoms with Crippen molar-refractivity contribution in [3.05, 3.63) is 0 Å². The van der Waals surface area contributed by atoms with Gasteiger partial charge in [0.15, 0.2) is 0 Å². The van der Waals surface area contributed by atoms with Crippen molar-refractivity contribution in [3.8, 4) is 0 Å². The first-order valence-corrected chi connectivity index (χ1v) is 4.07. The Morgan fingerprint density at radius 1 is 1.50 bits per heavy atom. The minimum Gasteiger partial charge on any atom is -0.368 e. The van der Waals surface area contributed by atoms with Crippen LogP contribution < -0.4 is 0 Å². The Kier molecular flexibility index (Phi) is 2.20. The summed E-state index contributed by atoms with van der Waals surface area (Å²) in [6, 6.07) is 0. The molecule has 0 radical (unpaired) electrons. The maximum Gasteiger partial charge on any atom is 0.0999 e. The van der Waals surface area contributed by atoms with Gasteiger partial charge in [-0.25, -0.2) is 0 Å². The minimum atomic E-state index is 0.436. The molecule has 0 aliphatic carbocycles. The first-order valence-electron chi connectivity index (χ1n) is 3.02. The van der Waals surface area contributed by atoms with E-state index in [4.69, 9.17) is 4.74 Å². The number of ether oxygens (including phenoxy) is 1. The summed E-state index contributed by atoms with van der Waals surface area (Å²) in [6.07, 6.45) is 0. The topological polar surface area (TPSA) is 9.23 Å². The van der Waals surface area contributed by atoms with Crippen molar-refractivity contribution < 1.29 is 4.74 Å². The number of hydrogen-bond acceptors (Lipinski definition) is 2. The van der Waals surface area contributed by atoms with Crippen molar-refractivity contribution in [3.63, 3.8) is 0 Å². The fraction of sp³-hybridized carbons (Fsp3) is 1.00. The number of thioether (sulfide) groups is 1. The Labute approximate surface area is 54.8 Å². The quantitative estimate of drug-likeness (QED) is 0.496. The first kappa shape index (κ1) is 6.43. The number of hydrogen-bond donors (Lipinski definition) is 0. The third-order valence-electron chi connectivity index (χ3n) is 1.23. The van der Waals surface area contributed by atoms with E-state index in [-0.39, 0.29) is 0 Å². The zero-order valence-corrected chi connectivity index (χ0v) is 6.20. The van der Waals surface area contributed by atoms with E-state index < -0.39 is 0 Å². The standard InChI is InChI=1S/C6H12OS/c1-5-3-7-6(2)8-4-5/h5-6H,3-4H2,1-2H3/t5-,6-/m0/s1. The lowest BCUT2D eigenvalue weighted by Crippen LogP contribution is -2.20. The summed E-state index contributed by atoms with van der Waals surface area (Å²) in [7, 11) is 0. The van der Waals surface area contributed by atoms with Crippen molar-refractivity contribution in [1.29, 1.82) is 0 Å². The molecule has 0 amide bonds. The van der Waals surface area contributed by atoms with Crippen LogP contribution in [0.4, 0.5) is 0 Å². The molecule has 0 bridgehead atoms. The molecule has 0 aromatic rings. The molecule has 0 aromatic carbocycles. The van der Waals surface area contributed by atoms with Crippen LogP contribution in [0, 0.1) is 5.92 Å². The van der Waals surface area contributed by atoms with Crippen molar-refractivity contribution >= 4 is 11.8 Å². The lowest BCUT2D eigenvalue weighted by molar-refractivity contribution is 0.0915. The van der Waals surface area contributed by atoms with Crippen molar-refractivity contribution in [2.24, 2.45) is 5.92 Å². The zero-order valence-electron chi connectivity index (χ0n) is 5.39. The second-order valence-corrected chi connectivity index (χ2v) is 3.67. The lowest BCUT2D eigenvalue weighted by atomic mass is 10.2. The van der Waals surface area contributed by atoms with Gasteiger partial charge in [0.1, 0.15) is 0 Å². The Hall–Kier alpha value is 0.310. The smallest absolute Gasteiger partial charge is 0.0999 e. The van der Waals surface area contributed by atoms with Crippen LogP contribution in [0.1, 0.15) is 13.8 Å². The van der Waals surface area contributed by atoms with Gasteiger partial charge in [-0.15, -0.1) is 11.8 Å². The maximum atomic E-state index is 5.35. The second-order valence-electron chi connectivity index (χ2n) is 2.34. The predicted molar refractivity (Wildman–Crippen MR) is 37.0 cm³/mol. The fourth-order valence-corrected chi connectivity index (χ4v) is 1.57. The molecule has 1 heterocycles.